The van der Waals surface area contributed by atoms with Gasteiger partial charge in [-0.1, -0.05) is 121 Å². The Hall–Kier alpha value is -5.28. The number of hydrogen-bond donors (Lipinski definition) is 1. The maximum absolute atomic E-state index is 5.18. The predicted molar refractivity (Wildman–Crippen MR) is 176 cm³/mol. The second kappa shape index (κ2) is 10.3. The average molecular weight is 540 g/mol. The third-order valence-electron chi connectivity index (χ3n) is 8.41. The second-order valence-corrected chi connectivity index (χ2v) is 11.1. The molecule has 2 aliphatic rings. The highest BCUT2D eigenvalue weighted by molar-refractivity contribution is 6.15. The first-order valence-corrected chi connectivity index (χ1v) is 14.6. The molecule has 6 aromatic carbocycles. The lowest BCUT2D eigenvalue weighted by atomic mass is 9.91. The van der Waals surface area contributed by atoms with Crippen LogP contribution in [0.2, 0.25) is 0 Å². The van der Waals surface area contributed by atoms with Crippen molar-refractivity contribution in [1.82, 2.24) is 5.32 Å². The lowest BCUT2D eigenvalue weighted by Crippen LogP contribution is -2.34. The van der Waals surface area contributed by atoms with Gasteiger partial charge in [-0.2, -0.15) is 0 Å². The Morgan fingerprint density at radius 3 is 1.93 bits per heavy atom. The third kappa shape index (κ3) is 4.59. The van der Waals surface area contributed by atoms with Gasteiger partial charge in [-0.25, -0.2) is 9.98 Å². The van der Waals surface area contributed by atoms with Gasteiger partial charge in [0.25, 0.3) is 0 Å². The highest BCUT2D eigenvalue weighted by Crippen LogP contribution is 2.31. The summed E-state index contributed by atoms with van der Waals surface area (Å²) in [6.07, 6.45) is 3.96. The molecule has 1 aliphatic carbocycles. The van der Waals surface area contributed by atoms with Gasteiger partial charge in [0.15, 0.2) is 5.84 Å². The highest BCUT2D eigenvalue weighted by Gasteiger charge is 2.23. The van der Waals surface area contributed by atoms with E-state index in [0.29, 0.717) is 0 Å². The van der Waals surface area contributed by atoms with Crippen molar-refractivity contribution in [3.05, 3.63) is 161 Å². The van der Waals surface area contributed by atoms with Crippen LogP contribution in [0, 0.1) is 0 Å². The molecule has 0 fully saturated rings. The van der Waals surface area contributed by atoms with Gasteiger partial charge in [-0.15, -0.1) is 0 Å². The normalized spacial score (nSPS) is 16.3. The standard InChI is InChI=1S/C39H29N3/c1-4-10-31-23-34(20-15-26(31)7-1)29-13-18-30(19-14-29)37-40-38(35-21-16-27-8-2-5-11-32(27)24-35)42-39(41-37)36-22-17-28-9-3-6-12-33(28)25-36/h1-16,18-21,23-25,37H,17,22H2,(H,40,41,42). The summed E-state index contributed by atoms with van der Waals surface area (Å²) in [5.74, 6) is 1.67. The van der Waals surface area contributed by atoms with E-state index in [1.165, 1.54) is 49.4 Å². The van der Waals surface area contributed by atoms with E-state index in [1.54, 1.807) is 0 Å². The molecule has 1 heterocycles. The van der Waals surface area contributed by atoms with E-state index in [2.05, 4.69) is 145 Å². The van der Waals surface area contributed by atoms with Gasteiger partial charge in [0.1, 0.15) is 12.0 Å². The van der Waals surface area contributed by atoms with Gasteiger partial charge in [0.2, 0.25) is 0 Å². The van der Waals surface area contributed by atoms with Crippen LogP contribution in [-0.2, 0) is 6.42 Å². The Bertz CT molecular complexity index is 2060. The first kappa shape index (κ1) is 24.5. The van der Waals surface area contributed by atoms with E-state index in [0.717, 1.165) is 35.6 Å². The summed E-state index contributed by atoms with van der Waals surface area (Å²) in [4.78, 5) is 10.3. The molecule has 0 aromatic heterocycles. The van der Waals surface area contributed by atoms with Crippen molar-refractivity contribution in [3.8, 4) is 11.1 Å². The van der Waals surface area contributed by atoms with E-state index in [9.17, 15) is 0 Å². The topological polar surface area (TPSA) is 36.8 Å². The fourth-order valence-electron chi connectivity index (χ4n) is 6.08. The van der Waals surface area contributed by atoms with Gasteiger partial charge in [-0.3, -0.25) is 0 Å². The molecular formula is C39H29N3. The molecule has 0 bridgehead atoms. The van der Waals surface area contributed by atoms with E-state index in [1.807, 2.05) is 0 Å². The monoisotopic (exact) mass is 539 g/mol. The molecule has 200 valence electrons. The van der Waals surface area contributed by atoms with Crippen molar-refractivity contribution in [2.75, 3.05) is 0 Å². The van der Waals surface area contributed by atoms with Crippen molar-refractivity contribution in [2.45, 2.75) is 19.0 Å². The van der Waals surface area contributed by atoms with Gasteiger partial charge in [0, 0.05) is 5.56 Å². The number of benzene rings is 6. The van der Waals surface area contributed by atoms with Crippen molar-refractivity contribution in [3.63, 3.8) is 0 Å². The molecule has 1 atom stereocenters. The maximum Gasteiger partial charge on any atom is 0.155 e. The van der Waals surface area contributed by atoms with E-state index in [-0.39, 0.29) is 6.17 Å². The quantitative estimate of drug-likeness (QED) is 0.238. The van der Waals surface area contributed by atoms with E-state index >= 15 is 0 Å². The number of nitrogens with zero attached hydrogens (tertiary/aromatic N) is 2. The molecule has 1 unspecified atom stereocenters. The van der Waals surface area contributed by atoms with Crippen LogP contribution >= 0.6 is 0 Å². The first-order chi connectivity index (χ1) is 20.8. The van der Waals surface area contributed by atoms with Gasteiger partial charge in [0.05, 0.1) is 0 Å². The first-order valence-electron chi connectivity index (χ1n) is 14.6. The minimum atomic E-state index is -0.234. The molecule has 6 aromatic rings. The molecule has 3 heteroatoms. The van der Waals surface area contributed by atoms with Crippen LogP contribution in [0.4, 0.5) is 0 Å². The smallest absolute Gasteiger partial charge is 0.155 e. The van der Waals surface area contributed by atoms with E-state index < -0.39 is 0 Å². The molecule has 8 rings (SSSR count). The van der Waals surface area contributed by atoms with Gasteiger partial charge < -0.3 is 5.32 Å². The molecule has 0 radical (unpaired) electrons. The summed E-state index contributed by atoms with van der Waals surface area (Å²) >= 11 is 0. The molecule has 0 saturated heterocycles. The fraction of sp³-hybridized carbons (Fsp3) is 0.0769. The lowest BCUT2D eigenvalue weighted by Gasteiger charge is -2.26. The number of rotatable bonds is 4. The van der Waals surface area contributed by atoms with Crippen LogP contribution in [0.1, 0.15) is 34.8 Å². The molecule has 1 N–H and O–H groups in total. The van der Waals surface area contributed by atoms with Gasteiger partial charge in [-0.05, 0) is 86.0 Å². The molecule has 3 nitrogen and oxygen atoms in total. The Morgan fingerprint density at radius 1 is 0.548 bits per heavy atom. The summed E-state index contributed by atoms with van der Waals surface area (Å²) in [6.45, 7) is 0. The Balaban J connectivity index is 1.17. The molecule has 1 aliphatic heterocycles. The molecule has 42 heavy (non-hydrogen) atoms. The average Bonchev–Trinajstić information content (AvgIpc) is 3.07. The van der Waals surface area contributed by atoms with Crippen LogP contribution in [0.25, 0.3) is 38.7 Å². The molecule has 0 saturated carbocycles. The largest absolute Gasteiger partial charge is 0.344 e. The third-order valence-corrected chi connectivity index (χ3v) is 8.41. The van der Waals surface area contributed by atoms with Crippen LogP contribution in [0.15, 0.2) is 149 Å². The summed E-state index contributed by atoms with van der Waals surface area (Å²) in [6, 6.07) is 47.6. The van der Waals surface area contributed by atoms with Crippen LogP contribution in [-0.4, -0.2) is 11.7 Å². The highest BCUT2D eigenvalue weighted by atomic mass is 15.2. The maximum atomic E-state index is 5.18. The van der Waals surface area contributed by atoms with Crippen LogP contribution < -0.4 is 5.32 Å². The van der Waals surface area contributed by atoms with Crippen molar-refractivity contribution < 1.29 is 0 Å². The summed E-state index contributed by atoms with van der Waals surface area (Å²) in [5, 5.41) is 8.59. The number of hydrogen-bond acceptors (Lipinski definition) is 3. The molecule has 0 spiro atoms. The zero-order valence-corrected chi connectivity index (χ0v) is 23.2. The number of fused-ring (bicyclic) bond motifs is 3. The summed E-state index contributed by atoms with van der Waals surface area (Å²) in [7, 11) is 0. The van der Waals surface area contributed by atoms with Crippen LogP contribution in [0.5, 0.6) is 0 Å². The summed E-state index contributed by atoms with van der Waals surface area (Å²) < 4.78 is 0. The van der Waals surface area contributed by atoms with Gasteiger partial charge >= 0.3 is 0 Å². The van der Waals surface area contributed by atoms with Crippen molar-refractivity contribution >= 4 is 39.3 Å². The Labute approximate surface area is 245 Å². The Morgan fingerprint density at radius 2 is 1.17 bits per heavy atom. The van der Waals surface area contributed by atoms with Crippen molar-refractivity contribution in [1.29, 1.82) is 0 Å². The number of aliphatic imine (C=N–C) groups is 2. The summed E-state index contributed by atoms with van der Waals surface area (Å²) in [5.41, 5.74) is 8.42. The lowest BCUT2D eigenvalue weighted by molar-refractivity contribution is 0.673. The molecular weight excluding hydrogens is 510 g/mol. The zero-order chi connectivity index (χ0) is 27.9. The fourth-order valence-corrected chi connectivity index (χ4v) is 6.08. The minimum absolute atomic E-state index is 0.234. The van der Waals surface area contributed by atoms with Crippen LogP contribution in [0.3, 0.4) is 0 Å². The van der Waals surface area contributed by atoms with E-state index in [4.69, 9.17) is 9.98 Å². The Kier molecular flexibility index (Phi) is 6.00. The number of nitrogens with one attached hydrogen (secondary N) is 1. The SMILES string of the molecule is C1=C(C2=NC(c3ccc(-c4ccc5ccccc5c4)cc3)NC(c3ccc4ccccc4c3)=N2)CCc2ccccc21. The minimum Gasteiger partial charge on any atom is -0.344 e. The zero-order valence-electron chi connectivity index (χ0n) is 23.2. The second-order valence-electron chi connectivity index (χ2n) is 11.1. The number of amidine groups is 2. The molecule has 0 amide bonds. The predicted octanol–water partition coefficient (Wildman–Crippen LogP) is 9.14. The number of aryl methyl sites for hydroxylation is 1. The van der Waals surface area contributed by atoms with Crippen molar-refractivity contribution in [2.24, 2.45) is 9.98 Å².